The third kappa shape index (κ3) is 3.87. The molecule has 1 aromatic carbocycles. The molecule has 16 heavy (non-hydrogen) atoms. The lowest BCUT2D eigenvalue weighted by atomic mass is 10.1. The van der Waals surface area contributed by atoms with Crippen LogP contribution >= 0.6 is 12.2 Å². The van der Waals surface area contributed by atoms with Gasteiger partial charge in [0.2, 0.25) is 0 Å². The molecule has 0 fully saturated rings. The minimum Gasteiger partial charge on any atom is -0.389 e. The third-order valence-corrected chi connectivity index (χ3v) is 2.28. The second-order valence-electron chi connectivity index (χ2n) is 4.08. The van der Waals surface area contributed by atoms with Crippen molar-refractivity contribution in [2.45, 2.75) is 20.5 Å². The van der Waals surface area contributed by atoms with E-state index < -0.39 is 0 Å². The summed E-state index contributed by atoms with van der Waals surface area (Å²) in [6.45, 7) is 5.00. The number of nitrogens with two attached hydrogens (primary N) is 1. The van der Waals surface area contributed by atoms with Crippen LogP contribution < -0.4 is 5.73 Å². The van der Waals surface area contributed by atoms with Crippen molar-refractivity contribution < 1.29 is 9.13 Å². The van der Waals surface area contributed by atoms with Crippen molar-refractivity contribution >= 4 is 17.2 Å². The van der Waals surface area contributed by atoms with Crippen LogP contribution in [0.25, 0.3) is 0 Å². The molecule has 0 aliphatic rings. The third-order valence-electron chi connectivity index (χ3n) is 2.05. The Hall–Kier alpha value is -1.00. The van der Waals surface area contributed by atoms with E-state index in [9.17, 15) is 4.39 Å². The first-order chi connectivity index (χ1) is 7.50. The molecule has 1 aromatic rings. The molecule has 0 unspecified atom stereocenters. The van der Waals surface area contributed by atoms with Gasteiger partial charge in [0, 0.05) is 17.7 Å². The fourth-order valence-corrected chi connectivity index (χ4v) is 1.35. The summed E-state index contributed by atoms with van der Waals surface area (Å²) in [5.74, 6) is 0.119. The lowest BCUT2D eigenvalue weighted by molar-refractivity contribution is 0.0950. The molecule has 0 bridgehead atoms. The smallest absolute Gasteiger partial charge is 0.129 e. The van der Waals surface area contributed by atoms with Gasteiger partial charge in [0.1, 0.15) is 10.8 Å². The van der Waals surface area contributed by atoms with Crippen molar-refractivity contribution in [2.75, 3.05) is 6.61 Å². The van der Waals surface area contributed by atoms with E-state index in [1.165, 1.54) is 6.07 Å². The molecule has 0 saturated carbocycles. The zero-order valence-electron chi connectivity index (χ0n) is 9.50. The van der Waals surface area contributed by atoms with Crippen LogP contribution in [0.5, 0.6) is 0 Å². The molecule has 0 aliphatic carbocycles. The highest BCUT2D eigenvalue weighted by Gasteiger charge is 2.05. The lowest BCUT2D eigenvalue weighted by Crippen LogP contribution is -2.10. The summed E-state index contributed by atoms with van der Waals surface area (Å²) < 4.78 is 18.9. The summed E-state index contributed by atoms with van der Waals surface area (Å²) in [6, 6.07) is 4.71. The van der Waals surface area contributed by atoms with E-state index in [4.69, 9.17) is 22.7 Å². The summed E-state index contributed by atoms with van der Waals surface area (Å²) in [5, 5.41) is 0. The van der Waals surface area contributed by atoms with Gasteiger partial charge in [0.05, 0.1) is 6.61 Å². The van der Waals surface area contributed by atoms with Crippen molar-refractivity contribution in [3.63, 3.8) is 0 Å². The van der Waals surface area contributed by atoms with Crippen molar-refractivity contribution in [3.8, 4) is 0 Å². The van der Waals surface area contributed by atoms with Crippen LogP contribution in [0, 0.1) is 11.7 Å². The molecule has 2 N–H and O–H groups in total. The normalized spacial score (nSPS) is 10.8. The Kier molecular flexibility index (Phi) is 4.83. The van der Waals surface area contributed by atoms with E-state index in [0.717, 1.165) is 0 Å². The SMILES string of the molecule is CC(C)COCc1ccc(C(N)=S)cc1F. The van der Waals surface area contributed by atoms with E-state index >= 15 is 0 Å². The Morgan fingerprint density at radius 3 is 2.69 bits per heavy atom. The molecule has 0 spiro atoms. The molecule has 0 saturated heterocycles. The second kappa shape index (κ2) is 5.92. The van der Waals surface area contributed by atoms with Gasteiger partial charge in [0.15, 0.2) is 0 Å². The predicted octanol–water partition coefficient (Wildman–Crippen LogP) is 2.63. The Balaban J connectivity index is 2.64. The zero-order chi connectivity index (χ0) is 12.1. The number of ether oxygens (including phenoxy) is 1. The standard InChI is InChI=1S/C12H16FNOS/c1-8(2)6-15-7-10-4-3-9(12(14)16)5-11(10)13/h3-5,8H,6-7H2,1-2H3,(H2,14,16). The van der Waals surface area contributed by atoms with E-state index in [0.29, 0.717) is 23.7 Å². The van der Waals surface area contributed by atoms with E-state index in [1.54, 1.807) is 12.1 Å². The van der Waals surface area contributed by atoms with Crippen LogP contribution in [0.15, 0.2) is 18.2 Å². The molecule has 0 heterocycles. The number of thiocarbonyl (C=S) groups is 1. The quantitative estimate of drug-likeness (QED) is 0.805. The number of rotatable bonds is 5. The molecule has 0 amide bonds. The fourth-order valence-electron chi connectivity index (χ4n) is 1.22. The summed E-state index contributed by atoms with van der Waals surface area (Å²) in [6.07, 6.45) is 0. The second-order valence-corrected chi connectivity index (χ2v) is 4.52. The monoisotopic (exact) mass is 241 g/mol. The van der Waals surface area contributed by atoms with Crippen LogP contribution in [0.3, 0.4) is 0 Å². The molecular formula is C12H16FNOS. The van der Waals surface area contributed by atoms with Crippen LogP contribution in [0.2, 0.25) is 0 Å². The largest absolute Gasteiger partial charge is 0.389 e. The lowest BCUT2D eigenvalue weighted by Gasteiger charge is -2.08. The van der Waals surface area contributed by atoms with E-state index in [1.807, 2.05) is 13.8 Å². The number of halogens is 1. The Bertz CT molecular complexity index is 379. The molecule has 4 heteroatoms. The number of benzene rings is 1. The van der Waals surface area contributed by atoms with Crippen molar-refractivity contribution in [1.82, 2.24) is 0 Å². The molecule has 0 aromatic heterocycles. The Morgan fingerprint density at radius 2 is 2.19 bits per heavy atom. The van der Waals surface area contributed by atoms with Crippen LogP contribution in [0.1, 0.15) is 25.0 Å². The molecule has 2 nitrogen and oxygen atoms in total. The Labute approximate surface area is 101 Å². The van der Waals surface area contributed by atoms with Gasteiger partial charge in [-0.15, -0.1) is 0 Å². The highest BCUT2D eigenvalue weighted by molar-refractivity contribution is 7.80. The highest BCUT2D eigenvalue weighted by atomic mass is 32.1. The predicted molar refractivity (Wildman–Crippen MR) is 66.8 cm³/mol. The maximum absolute atomic E-state index is 13.5. The first-order valence-electron chi connectivity index (χ1n) is 5.16. The minimum absolute atomic E-state index is 0.202. The van der Waals surface area contributed by atoms with Crippen LogP contribution in [0.4, 0.5) is 4.39 Å². The van der Waals surface area contributed by atoms with Gasteiger partial charge in [-0.25, -0.2) is 4.39 Å². The zero-order valence-corrected chi connectivity index (χ0v) is 10.3. The van der Waals surface area contributed by atoms with Crippen LogP contribution in [-0.4, -0.2) is 11.6 Å². The molecule has 1 rings (SSSR count). The van der Waals surface area contributed by atoms with Gasteiger partial charge in [0.25, 0.3) is 0 Å². The van der Waals surface area contributed by atoms with Crippen molar-refractivity contribution in [2.24, 2.45) is 11.7 Å². The maximum atomic E-state index is 13.5. The summed E-state index contributed by atoms with van der Waals surface area (Å²) >= 11 is 4.77. The van der Waals surface area contributed by atoms with Crippen molar-refractivity contribution in [1.29, 1.82) is 0 Å². The van der Waals surface area contributed by atoms with Gasteiger partial charge >= 0.3 is 0 Å². The maximum Gasteiger partial charge on any atom is 0.129 e. The summed E-state index contributed by atoms with van der Waals surface area (Å²) in [4.78, 5) is 0.202. The van der Waals surface area contributed by atoms with E-state index in [-0.39, 0.29) is 17.4 Å². The molecular weight excluding hydrogens is 225 g/mol. The topological polar surface area (TPSA) is 35.2 Å². The van der Waals surface area contributed by atoms with Gasteiger partial charge < -0.3 is 10.5 Å². The molecule has 0 atom stereocenters. The van der Waals surface area contributed by atoms with Crippen LogP contribution in [-0.2, 0) is 11.3 Å². The highest BCUT2D eigenvalue weighted by Crippen LogP contribution is 2.12. The van der Waals surface area contributed by atoms with Gasteiger partial charge in [-0.05, 0) is 12.0 Å². The number of hydrogen-bond acceptors (Lipinski definition) is 2. The first kappa shape index (κ1) is 13.1. The molecule has 0 radical (unpaired) electrons. The Morgan fingerprint density at radius 1 is 1.50 bits per heavy atom. The number of hydrogen-bond donors (Lipinski definition) is 1. The van der Waals surface area contributed by atoms with Crippen molar-refractivity contribution in [3.05, 3.63) is 35.1 Å². The van der Waals surface area contributed by atoms with E-state index in [2.05, 4.69) is 0 Å². The fraction of sp³-hybridized carbons (Fsp3) is 0.417. The average Bonchev–Trinajstić information content (AvgIpc) is 2.19. The molecule has 88 valence electrons. The van der Waals surface area contributed by atoms with Gasteiger partial charge in [-0.3, -0.25) is 0 Å². The van der Waals surface area contributed by atoms with Gasteiger partial charge in [-0.2, -0.15) is 0 Å². The average molecular weight is 241 g/mol. The van der Waals surface area contributed by atoms with Gasteiger partial charge in [-0.1, -0.05) is 38.2 Å². The first-order valence-corrected chi connectivity index (χ1v) is 5.57. The minimum atomic E-state index is -0.325. The summed E-state index contributed by atoms with van der Waals surface area (Å²) in [7, 11) is 0. The summed E-state index contributed by atoms with van der Waals surface area (Å²) in [5.41, 5.74) is 6.48. The molecule has 0 aliphatic heterocycles.